The first-order chi connectivity index (χ1) is 9.76. The topological polar surface area (TPSA) is 61.5 Å². The van der Waals surface area contributed by atoms with Crippen LogP contribution in [0.2, 0.25) is 0 Å². The molecule has 0 fully saturated rings. The Morgan fingerprint density at radius 2 is 2.00 bits per heavy atom. The minimum atomic E-state index is -4.59. The zero-order valence-electron chi connectivity index (χ0n) is 11.6. The Balaban J connectivity index is 0.00000441. The molecule has 0 amide bonds. The Morgan fingerprint density at radius 3 is 2.55 bits per heavy atom. The van der Waals surface area contributed by atoms with Gasteiger partial charge in [-0.25, -0.2) is 0 Å². The fraction of sp³-hybridized carbons (Fsp3) is 0.462. The second-order valence-electron chi connectivity index (χ2n) is 4.15. The highest BCUT2D eigenvalue weighted by Gasteiger charge is 2.44. The number of rotatable bonds is 7. The van der Waals surface area contributed by atoms with Gasteiger partial charge in [0.25, 0.3) is 0 Å². The SMILES string of the molecule is CCOC(=O)C[C@H](N)c1cccc(OC(F)(F)C(F)F)c1.Cl. The Hall–Kier alpha value is -1.54. The summed E-state index contributed by atoms with van der Waals surface area (Å²) >= 11 is 0. The van der Waals surface area contributed by atoms with Crippen LogP contribution in [0.1, 0.15) is 24.9 Å². The van der Waals surface area contributed by atoms with Gasteiger partial charge in [-0.1, -0.05) is 12.1 Å². The molecule has 0 aromatic heterocycles. The predicted octanol–water partition coefficient (Wildman–Crippen LogP) is 3.30. The summed E-state index contributed by atoms with van der Waals surface area (Å²) in [6.45, 7) is 1.82. The van der Waals surface area contributed by atoms with Gasteiger partial charge < -0.3 is 15.2 Å². The van der Waals surface area contributed by atoms with Crippen LogP contribution in [0.3, 0.4) is 0 Å². The zero-order chi connectivity index (χ0) is 16.0. The number of ether oxygens (including phenoxy) is 2. The van der Waals surface area contributed by atoms with Crippen molar-refractivity contribution in [2.24, 2.45) is 5.73 Å². The molecule has 0 aliphatic rings. The summed E-state index contributed by atoms with van der Waals surface area (Å²) < 4.78 is 58.4. The van der Waals surface area contributed by atoms with Crippen molar-refractivity contribution in [2.75, 3.05) is 6.61 Å². The van der Waals surface area contributed by atoms with E-state index >= 15 is 0 Å². The number of hydrogen-bond acceptors (Lipinski definition) is 4. The maximum atomic E-state index is 12.8. The molecule has 0 saturated carbocycles. The first-order valence-electron chi connectivity index (χ1n) is 6.12. The molecule has 9 heteroatoms. The summed E-state index contributed by atoms with van der Waals surface area (Å²) in [5, 5.41) is 0. The highest BCUT2D eigenvalue weighted by Crippen LogP contribution is 2.29. The molecule has 126 valence electrons. The third-order valence-electron chi connectivity index (χ3n) is 2.49. The molecule has 0 aliphatic carbocycles. The monoisotopic (exact) mass is 345 g/mol. The van der Waals surface area contributed by atoms with E-state index < -0.39 is 30.3 Å². The molecule has 2 N–H and O–H groups in total. The average molecular weight is 346 g/mol. The molecule has 4 nitrogen and oxygen atoms in total. The molecule has 0 saturated heterocycles. The van der Waals surface area contributed by atoms with Crippen LogP contribution in [0.25, 0.3) is 0 Å². The first-order valence-corrected chi connectivity index (χ1v) is 6.12. The van der Waals surface area contributed by atoms with E-state index in [1.54, 1.807) is 6.92 Å². The van der Waals surface area contributed by atoms with Gasteiger partial charge in [0.05, 0.1) is 13.0 Å². The van der Waals surface area contributed by atoms with Gasteiger partial charge >= 0.3 is 18.5 Å². The van der Waals surface area contributed by atoms with Crippen LogP contribution in [0.15, 0.2) is 24.3 Å². The largest absolute Gasteiger partial charge is 0.466 e. The van der Waals surface area contributed by atoms with E-state index in [-0.39, 0.29) is 25.4 Å². The molecule has 0 bridgehead atoms. The van der Waals surface area contributed by atoms with Gasteiger partial charge in [-0.2, -0.15) is 17.6 Å². The summed E-state index contributed by atoms with van der Waals surface area (Å²) in [5.41, 5.74) is 6.02. The second kappa shape index (κ2) is 8.79. The van der Waals surface area contributed by atoms with Crippen molar-refractivity contribution in [1.29, 1.82) is 0 Å². The van der Waals surface area contributed by atoms with Gasteiger partial charge in [0.2, 0.25) is 0 Å². The lowest BCUT2D eigenvalue weighted by Gasteiger charge is -2.18. The van der Waals surface area contributed by atoms with Crippen molar-refractivity contribution < 1.29 is 31.8 Å². The highest BCUT2D eigenvalue weighted by atomic mass is 35.5. The maximum Gasteiger partial charge on any atom is 0.461 e. The van der Waals surface area contributed by atoms with E-state index in [9.17, 15) is 22.4 Å². The normalized spacial score (nSPS) is 12.5. The lowest BCUT2D eigenvalue weighted by Crippen LogP contribution is -2.33. The van der Waals surface area contributed by atoms with Crippen LogP contribution in [0.5, 0.6) is 5.75 Å². The van der Waals surface area contributed by atoms with E-state index in [4.69, 9.17) is 10.5 Å². The van der Waals surface area contributed by atoms with E-state index in [0.717, 1.165) is 12.1 Å². The fourth-order valence-corrected chi connectivity index (χ4v) is 1.53. The van der Waals surface area contributed by atoms with Crippen molar-refractivity contribution in [1.82, 2.24) is 0 Å². The molecule has 0 unspecified atom stereocenters. The Kier molecular flexibility index (Phi) is 8.18. The second-order valence-corrected chi connectivity index (χ2v) is 4.15. The zero-order valence-corrected chi connectivity index (χ0v) is 12.4. The first kappa shape index (κ1) is 20.5. The van der Waals surface area contributed by atoms with E-state index in [1.807, 2.05) is 0 Å². The van der Waals surface area contributed by atoms with Crippen molar-refractivity contribution in [3.8, 4) is 5.75 Å². The van der Waals surface area contributed by atoms with Crippen molar-refractivity contribution in [2.45, 2.75) is 31.9 Å². The van der Waals surface area contributed by atoms with Gasteiger partial charge in [0.15, 0.2) is 0 Å². The van der Waals surface area contributed by atoms with Gasteiger partial charge in [0, 0.05) is 6.04 Å². The standard InChI is InChI=1S/C13H15F4NO3.ClH/c1-2-20-11(19)7-10(18)8-4-3-5-9(6-8)21-13(16,17)12(14)15;/h3-6,10,12H,2,7,18H2,1H3;1H/t10-;/m0./s1. The highest BCUT2D eigenvalue weighted by molar-refractivity contribution is 5.85. The van der Waals surface area contributed by atoms with Crippen LogP contribution >= 0.6 is 12.4 Å². The van der Waals surface area contributed by atoms with E-state index in [1.165, 1.54) is 12.1 Å². The number of esters is 1. The van der Waals surface area contributed by atoms with E-state index in [2.05, 4.69) is 4.74 Å². The number of halogens is 5. The smallest absolute Gasteiger partial charge is 0.461 e. The van der Waals surface area contributed by atoms with Gasteiger partial charge in [0.1, 0.15) is 5.75 Å². The molecular weight excluding hydrogens is 330 g/mol. The quantitative estimate of drug-likeness (QED) is 0.608. The number of carbonyl (C=O) groups excluding carboxylic acids is 1. The van der Waals surface area contributed by atoms with Crippen LogP contribution in [0.4, 0.5) is 17.6 Å². The third-order valence-corrected chi connectivity index (χ3v) is 2.49. The minimum absolute atomic E-state index is 0. The molecule has 0 spiro atoms. The lowest BCUT2D eigenvalue weighted by atomic mass is 10.0. The summed E-state index contributed by atoms with van der Waals surface area (Å²) in [6.07, 6.45) is -8.71. The molecule has 1 aromatic rings. The molecule has 1 atom stereocenters. The van der Waals surface area contributed by atoms with Gasteiger partial charge in [-0.3, -0.25) is 4.79 Å². The van der Waals surface area contributed by atoms with Crippen LogP contribution < -0.4 is 10.5 Å². The van der Waals surface area contributed by atoms with Crippen LogP contribution in [-0.4, -0.2) is 25.1 Å². The summed E-state index contributed by atoms with van der Waals surface area (Å²) in [7, 11) is 0. The Bertz CT molecular complexity index is 488. The van der Waals surface area contributed by atoms with Crippen molar-refractivity contribution in [3.05, 3.63) is 29.8 Å². The summed E-state index contributed by atoms with van der Waals surface area (Å²) in [6, 6.07) is 4.15. The Labute approximate surface area is 131 Å². The van der Waals surface area contributed by atoms with Crippen LogP contribution in [0, 0.1) is 0 Å². The number of nitrogens with two attached hydrogens (primary N) is 1. The van der Waals surface area contributed by atoms with Gasteiger partial charge in [-0.15, -0.1) is 12.4 Å². The lowest BCUT2D eigenvalue weighted by molar-refractivity contribution is -0.253. The number of alkyl halides is 4. The molecule has 0 radical (unpaired) electrons. The predicted molar refractivity (Wildman–Crippen MR) is 73.4 cm³/mol. The summed E-state index contributed by atoms with van der Waals surface area (Å²) in [4.78, 5) is 11.3. The summed E-state index contributed by atoms with van der Waals surface area (Å²) in [5.74, 6) is -1.01. The number of carbonyl (C=O) groups is 1. The fourth-order valence-electron chi connectivity index (χ4n) is 1.53. The van der Waals surface area contributed by atoms with E-state index in [0.29, 0.717) is 5.56 Å². The number of hydrogen-bond donors (Lipinski definition) is 1. The van der Waals surface area contributed by atoms with Crippen molar-refractivity contribution >= 4 is 18.4 Å². The minimum Gasteiger partial charge on any atom is -0.466 e. The average Bonchev–Trinajstić information content (AvgIpc) is 2.38. The Morgan fingerprint density at radius 1 is 1.36 bits per heavy atom. The number of benzene rings is 1. The van der Waals surface area contributed by atoms with Crippen LogP contribution in [-0.2, 0) is 9.53 Å². The molecule has 1 aromatic carbocycles. The molecule has 0 heterocycles. The molecule has 1 rings (SSSR count). The molecule has 22 heavy (non-hydrogen) atoms. The van der Waals surface area contributed by atoms with Gasteiger partial charge in [-0.05, 0) is 24.6 Å². The third kappa shape index (κ3) is 6.07. The molecular formula is C13H16ClF4NO3. The maximum absolute atomic E-state index is 12.8. The van der Waals surface area contributed by atoms with Crippen molar-refractivity contribution in [3.63, 3.8) is 0 Å². The molecule has 0 aliphatic heterocycles.